The molecule has 0 fully saturated rings. The molecule has 0 N–H and O–H groups in total. The van der Waals surface area contributed by atoms with Crippen LogP contribution in [0.1, 0.15) is 13.3 Å². The van der Waals surface area contributed by atoms with Crippen molar-refractivity contribution >= 4 is 29.9 Å². The van der Waals surface area contributed by atoms with E-state index in [1.165, 1.54) is 10.6 Å². The van der Waals surface area contributed by atoms with Gasteiger partial charge in [0, 0.05) is 0 Å². The minimum atomic E-state index is -1.04. The fraction of sp³-hybridized carbons (Fsp3) is 0.176. The maximum atomic E-state index is 11.6. The van der Waals surface area contributed by atoms with Gasteiger partial charge in [0.15, 0.2) is 0 Å². The van der Waals surface area contributed by atoms with Crippen molar-refractivity contribution in [3.8, 4) is 0 Å². The fourth-order valence-electron chi connectivity index (χ4n) is 2.04. The highest BCUT2D eigenvalue weighted by Gasteiger charge is 2.05. The Hall–Kier alpha value is -1.79. The minimum absolute atomic E-state index is 0.151. The van der Waals surface area contributed by atoms with Crippen LogP contribution in [0, 0.1) is 0 Å². The normalized spacial score (nSPS) is 10.3. The van der Waals surface area contributed by atoms with Crippen LogP contribution in [0.15, 0.2) is 60.7 Å². The number of carbonyl (C=O) groups is 1. The van der Waals surface area contributed by atoms with Crippen LogP contribution in [0.4, 0.5) is 0 Å². The van der Waals surface area contributed by atoms with Gasteiger partial charge in [-0.05, 0) is 17.5 Å². The second-order valence-corrected chi connectivity index (χ2v) is 6.75. The molecule has 0 radical (unpaired) electrons. The van der Waals surface area contributed by atoms with Crippen molar-refractivity contribution in [2.45, 2.75) is 13.3 Å². The first-order valence-corrected chi connectivity index (χ1v) is 8.35. The van der Waals surface area contributed by atoms with E-state index in [1.54, 1.807) is 0 Å². The minimum Gasteiger partial charge on any atom is -0.466 e. The number of benzene rings is 2. The number of carbonyl (C=O) groups excluding carboxylic acids is 1. The molecule has 2 nitrogen and oxygen atoms in total. The lowest BCUT2D eigenvalue weighted by Crippen LogP contribution is -2.10. The molecule has 0 amide bonds. The number of rotatable bonds is 5. The zero-order valence-corrected chi connectivity index (χ0v) is 12.6. The van der Waals surface area contributed by atoms with Crippen molar-refractivity contribution in [2.75, 3.05) is 6.61 Å². The molecule has 2 rings (SSSR count). The Balaban J connectivity index is 2.30. The van der Waals surface area contributed by atoms with E-state index in [9.17, 15) is 4.79 Å². The van der Waals surface area contributed by atoms with Gasteiger partial charge in [0.05, 0.1) is 13.0 Å². The molecule has 2 aromatic carbocycles. The Kier molecular flexibility index (Phi) is 5.64. The van der Waals surface area contributed by atoms with E-state index in [4.69, 9.17) is 4.74 Å². The molecule has 0 spiro atoms. The van der Waals surface area contributed by atoms with Gasteiger partial charge in [0.1, 0.15) is 0 Å². The molecule has 0 unspecified atom stereocenters. The van der Waals surface area contributed by atoms with Gasteiger partial charge in [0.25, 0.3) is 0 Å². The summed E-state index contributed by atoms with van der Waals surface area (Å²) in [7, 11) is -1.04. The van der Waals surface area contributed by atoms with Gasteiger partial charge >= 0.3 is 5.97 Å². The summed E-state index contributed by atoms with van der Waals surface area (Å²) in [6, 6.07) is 20.7. The number of esters is 1. The molecule has 20 heavy (non-hydrogen) atoms. The van der Waals surface area contributed by atoms with E-state index in [1.807, 2.05) is 43.3 Å². The van der Waals surface area contributed by atoms with Gasteiger partial charge < -0.3 is 4.74 Å². The fourth-order valence-corrected chi connectivity index (χ4v) is 4.32. The molecule has 0 aliphatic heterocycles. The monoisotopic (exact) mass is 286 g/mol. The standard InChI is InChI=1S/C17H19O2P/c1-2-19-17(18)13-14-20(15-9-5-3-6-10-15)16-11-7-4-8-12-16/h3-12,14,20H,2,13H2,1H3. The van der Waals surface area contributed by atoms with Gasteiger partial charge in [-0.25, -0.2) is 0 Å². The predicted molar refractivity (Wildman–Crippen MR) is 87.8 cm³/mol. The second-order valence-electron chi connectivity index (χ2n) is 4.36. The summed E-state index contributed by atoms with van der Waals surface area (Å²) in [5, 5.41) is 2.57. The molecular weight excluding hydrogens is 267 g/mol. The molecule has 0 bridgehead atoms. The van der Waals surface area contributed by atoms with Crippen molar-refractivity contribution in [1.82, 2.24) is 0 Å². The number of hydrogen-bond donors (Lipinski definition) is 0. The van der Waals surface area contributed by atoms with Crippen molar-refractivity contribution < 1.29 is 9.53 Å². The first-order chi connectivity index (χ1) is 9.81. The van der Waals surface area contributed by atoms with Crippen LogP contribution in [0.5, 0.6) is 0 Å². The van der Waals surface area contributed by atoms with Gasteiger partial charge in [-0.3, -0.25) is 4.79 Å². The summed E-state index contributed by atoms with van der Waals surface area (Å²) in [6.07, 6.45) is 0.367. The van der Waals surface area contributed by atoms with Crippen molar-refractivity contribution in [3.63, 3.8) is 0 Å². The van der Waals surface area contributed by atoms with Gasteiger partial charge in [-0.2, -0.15) is 0 Å². The van der Waals surface area contributed by atoms with E-state index in [0.717, 1.165) is 0 Å². The summed E-state index contributed by atoms with van der Waals surface area (Å²) in [5.41, 5.74) is 0. The summed E-state index contributed by atoms with van der Waals surface area (Å²) in [6.45, 7) is 2.27. The zero-order chi connectivity index (χ0) is 14.2. The molecule has 104 valence electrons. The van der Waals surface area contributed by atoms with E-state index < -0.39 is 7.55 Å². The third-order valence-corrected chi connectivity index (χ3v) is 5.47. The van der Waals surface area contributed by atoms with Crippen molar-refractivity contribution in [3.05, 3.63) is 60.7 Å². The maximum absolute atomic E-state index is 11.6. The van der Waals surface area contributed by atoms with E-state index in [0.29, 0.717) is 13.0 Å². The average molecular weight is 286 g/mol. The molecular formula is C17H19O2P. The van der Waals surface area contributed by atoms with E-state index in [2.05, 4.69) is 30.1 Å². The molecule has 0 atom stereocenters. The van der Waals surface area contributed by atoms with Gasteiger partial charge in [0.2, 0.25) is 0 Å². The van der Waals surface area contributed by atoms with Crippen molar-refractivity contribution in [2.24, 2.45) is 0 Å². The summed E-state index contributed by atoms with van der Waals surface area (Å²) >= 11 is 0. The molecule has 0 aliphatic rings. The number of hydrogen-bond acceptors (Lipinski definition) is 2. The van der Waals surface area contributed by atoms with E-state index >= 15 is 0 Å². The lowest BCUT2D eigenvalue weighted by Gasteiger charge is -2.10. The molecule has 0 aliphatic carbocycles. The van der Waals surface area contributed by atoms with Crippen LogP contribution in [0.25, 0.3) is 0 Å². The largest absolute Gasteiger partial charge is 0.466 e. The van der Waals surface area contributed by atoms with Crippen LogP contribution in [-0.4, -0.2) is 18.4 Å². The predicted octanol–water partition coefficient (Wildman–Crippen LogP) is 2.61. The average Bonchev–Trinajstić information content (AvgIpc) is 2.50. The lowest BCUT2D eigenvalue weighted by atomic mass is 10.4. The molecule has 2 aromatic rings. The molecule has 0 saturated heterocycles. The molecule has 0 saturated carbocycles. The first kappa shape index (κ1) is 14.6. The SMILES string of the molecule is CCOC(=O)CC=[PH](c1ccccc1)c1ccccc1. The van der Waals surface area contributed by atoms with Crippen LogP contribution in [0.3, 0.4) is 0 Å². The summed E-state index contributed by atoms with van der Waals surface area (Å²) in [4.78, 5) is 11.6. The van der Waals surface area contributed by atoms with Crippen LogP contribution in [-0.2, 0) is 9.53 Å². The highest BCUT2D eigenvalue weighted by Crippen LogP contribution is 2.21. The van der Waals surface area contributed by atoms with Crippen molar-refractivity contribution in [1.29, 1.82) is 0 Å². The maximum Gasteiger partial charge on any atom is 0.309 e. The summed E-state index contributed by atoms with van der Waals surface area (Å²) in [5.74, 6) is 1.97. The molecule has 3 heteroatoms. The van der Waals surface area contributed by atoms with Crippen LogP contribution >= 0.6 is 7.55 Å². The molecule has 0 heterocycles. The van der Waals surface area contributed by atoms with Gasteiger partial charge in [-0.1, -0.05) is 74.0 Å². The Labute approximate surface area is 120 Å². The summed E-state index contributed by atoms with van der Waals surface area (Å²) < 4.78 is 5.01. The topological polar surface area (TPSA) is 26.3 Å². The highest BCUT2D eigenvalue weighted by atomic mass is 31.1. The third-order valence-electron chi connectivity index (χ3n) is 2.95. The smallest absolute Gasteiger partial charge is 0.309 e. The lowest BCUT2D eigenvalue weighted by molar-refractivity contribution is -0.141. The highest BCUT2D eigenvalue weighted by molar-refractivity contribution is 7.72. The Morgan fingerprint density at radius 1 is 1.00 bits per heavy atom. The molecule has 0 aromatic heterocycles. The third kappa shape index (κ3) is 4.11. The Bertz CT molecular complexity index is 535. The number of ether oxygens (including phenoxy) is 1. The second kappa shape index (κ2) is 7.72. The Morgan fingerprint density at radius 2 is 1.50 bits per heavy atom. The van der Waals surface area contributed by atoms with Crippen LogP contribution < -0.4 is 10.6 Å². The first-order valence-electron chi connectivity index (χ1n) is 6.78. The van der Waals surface area contributed by atoms with E-state index in [-0.39, 0.29) is 5.97 Å². The van der Waals surface area contributed by atoms with Crippen LogP contribution in [0.2, 0.25) is 0 Å². The Morgan fingerprint density at radius 3 is 1.95 bits per heavy atom. The van der Waals surface area contributed by atoms with Gasteiger partial charge in [-0.15, -0.1) is 0 Å². The zero-order valence-electron chi connectivity index (χ0n) is 11.6. The quantitative estimate of drug-likeness (QED) is 0.624.